The van der Waals surface area contributed by atoms with E-state index in [-0.39, 0.29) is 12.7 Å². The molecule has 0 N–H and O–H groups in total. The van der Waals surface area contributed by atoms with E-state index in [1.807, 2.05) is 0 Å². The summed E-state index contributed by atoms with van der Waals surface area (Å²) in [5.74, 6) is 0. The van der Waals surface area contributed by atoms with Crippen LogP contribution in [-0.2, 0) is 0 Å². The van der Waals surface area contributed by atoms with E-state index in [1.165, 1.54) is 25.7 Å². The molecule has 0 amide bonds. The molecule has 0 aliphatic carbocycles. The topological polar surface area (TPSA) is 3.24 Å². The van der Waals surface area contributed by atoms with Crippen molar-refractivity contribution in [3.05, 3.63) is 0 Å². The molecule has 0 bridgehead atoms. The number of rotatable bonds is 2. The number of hydrogen-bond acceptors (Lipinski definition) is 1. The minimum atomic E-state index is -0.137. The van der Waals surface area contributed by atoms with Gasteiger partial charge in [0.15, 0.2) is 0 Å². The van der Waals surface area contributed by atoms with Gasteiger partial charge in [-0.1, -0.05) is 6.92 Å². The van der Waals surface area contributed by atoms with Crippen LogP contribution in [0.4, 0.5) is 4.39 Å². The molecule has 2 rings (SSSR count). The first-order valence-corrected chi connectivity index (χ1v) is 5.15. The third-order valence-corrected chi connectivity index (χ3v) is 3.87. The fraction of sp³-hybridized carbons (Fsp3) is 1.00. The van der Waals surface area contributed by atoms with Crippen molar-refractivity contribution in [3.8, 4) is 0 Å². The van der Waals surface area contributed by atoms with Gasteiger partial charge in [0.2, 0.25) is 0 Å². The summed E-state index contributed by atoms with van der Waals surface area (Å²) in [5.41, 5.74) is 0.413. The van der Waals surface area contributed by atoms with Crippen LogP contribution in [0.1, 0.15) is 39.0 Å². The molecule has 2 heteroatoms. The van der Waals surface area contributed by atoms with Crippen molar-refractivity contribution in [1.82, 2.24) is 4.90 Å². The van der Waals surface area contributed by atoms with Gasteiger partial charge in [-0.05, 0) is 38.6 Å². The summed E-state index contributed by atoms with van der Waals surface area (Å²) in [6, 6.07) is 0.257. The normalized spacial score (nSPS) is 42.0. The Hall–Kier alpha value is -0.110. The van der Waals surface area contributed by atoms with Crippen LogP contribution in [0.15, 0.2) is 0 Å². The molecule has 2 heterocycles. The molecule has 70 valence electrons. The van der Waals surface area contributed by atoms with Gasteiger partial charge < -0.3 is 0 Å². The molecular weight excluding hydrogens is 153 g/mol. The van der Waals surface area contributed by atoms with Crippen LogP contribution in [0, 0.1) is 0 Å². The van der Waals surface area contributed by atoms with Gasteiger partial charge in [-0.2, -0.15) is 0 Å². The Morgan fingerprint density at radius 3 is 3.00 bits per heavy atom. The maximum Gasteiger partial charge on any atom is 0.105 e. The number of alkyl halides is 1. The molecule has 2 saturated heterocycles. The Morgan fingerprint density at radius 2 is 2.33 bits per heavy atom. The van der Waals surface area contributed by atoms with Crippen LogP contribution in [0.25, 0.3) is 0 Å². The van der Waals surface area contributed by atoms with Crippen molar-refractivity contribution in [1.29, 1.82) is 0 Å². The predicted octanol–water partition coefficient (Wildman–Crippen LogP) is 2.36. The summed E-state index contributed by atoms with van der Waals surface area (Å²) < 4.78 is 12.6. The highest BCUT2D eigenvalue weighted by molar-refractivity contribution is 5.03. The molecule has 0 aromatic heterocycles. The highest BCUT2D eigenvalue weighted by Crippen LogP contribution is 2.44. The number of nitrogens with zero attached hydrogens (tertiary/aromatic N) is 1. The fourth-order valence-electron chi connectivity index (χ4n) is 3.11. The third-order valence-electron chi connectivity index (χ3n) is 3.87. The molecular formula is C10H18FN. The van der Waals surface area contributed by atoms with Crippen LogP contribution in [0.2, 0.25) is 0 Å². The second kappa shape index (κ2) is 2.99. The highest BCUT2D eigenvalue weighted by Gasteiger charge is 2.47. The number of fused-ring (bicyclic) bond motifs is 1. The van der Waals surface area contributed by atoms with E-state index in [4.69, 9.17) is 0 Å². The second-order valence-electron chi connectivity index (χ2n) is 4.22. The lowest BCUT2D eigenvalue weighted by Crippen LogP contribution is -2.42. The smallest absolute Gasteiger partial charge is 0.105 e. The summed E-state index contributed by atoms with van der Waals surface area (Å²) in [5, 5.41) is 0. The largest absolute Gasteiger partial charge is 0.292 e. The van der Waals surface area contributed by atoms with E-state index < -0.39 is 0 Å². The molecule has 0 radical (unpaired) electrons. The van der Waals surface area contributed by atoms with Gasteiger partial charge >= 0.3 is 0 Å². The van der Waals surface area contributed by atoms with Gasteiger partial charge in [0.1, 0.15) is 6.67 Å². The van der Waals surface area contributed by atoms with Gasteiger partial charge in [0.25, 0.3) is 0 Å². The van der Waals surface area contributed by atoms with Crippen molar-refractivity contribution in [2.75, 3.05) is 13.2 Å². The molecule has 1 nitrogen and oxygen atoms in total. The molecule has 0 aromatic carbocycles. The van der Waals surface area contributed by atoms with E-state index in [9.17, 15) is 4.39 Å². The monoisotopic (exact) mass is 171 g/mol. The van der Waals surface area contributed by atoms with E-state index in [1.54, 1.807) is 0 Å². The van der Waals surface area contributed by atoms with Crippen LogP contribution >= 0.6 is 0 Å². The molecule has 2 aliphatic rings. The van der Waals surface area contributed by atoms with E-state index in [0.717, 1.165) is 13.0 Å². The number of halogens is 1. The fourth-order valence-corrected chi connectivity index (χ4v) is 3.11. The molecule has 0 spiro atoms. The van der Waals surface area contributed by atoms with Gasteiger partial charge in [-0.25, -0.2) is 4.39 Å². The predicted molar refractivity (Wildman–Crippen MR) is 48.0 cm³/mol. The third kappa shape index (κ3) is 1.00. The Balaban J connectivity index is 2.14. The van der Waals surface area contributed by atoms with Crippen LogP contribution in [-0.4, -0.2) is 29.7 Å². The average Bonchev–Trinajstić information content (AvgIpc) is 2.61. The molecule has 2 aliphatic heterocycles. The van der Waals surface area contributed by atoms with Gasteiger partial charge in [-0.3, -0.25) is 4.90 Å². The van der Waals surface area contributed by atoms with Gasteiger partial charge in [-0.15, -0.1) is 0 Å². The lowest BCUT2D eigenvalue weighted by molar-refractivity contribution is 0.129. The van der Waals surface area contributed by atoms with Crippen LogP contribution < -0.4 is 0 Å². The summed E-state index contributed by atoms with van der Waals surface area (Å²) in [6.07, 6.45) is 6.12. The zero-order valence-corrected chi connectivity index (χ0v) is 7.85. The van der Waals surface area contributed by atoms with E-state index in [0.29, 0.717) is 5.54 Å². The lowest BCUT2D eigenvalue weighted by atomic mass is 9.91. The van der Waals surface area contributed by atoms with Crippen molar-refractivity contribution >= 4 is 0 Å². The molecule has 0 saturated carbocycles. The van der Waals surface area contributed by atoms with E-state index in [2.05, 4.69) is 11.8 Å². The van der Waals surface area contributed by atoms with Crippen molar-refractivity contribution in [3.63, 3.8) is 0 Å². The van der Waals surface area contributed by atoms with E-state index >= 15 is 0 Å². The zero-order chi connectivity index (χ0) is 8.60. The first-order valence-electron chi connectivity index (χ1n) is 5.15. The van der Waals surface area contributed by atoms with Crippen molar-refractivity contribution in [2.45, 2.75) is 50.6 Å². The molecule has 12 heavy (non-hydrogen) atoms. The van der Waals surface area contributed by atoms with Gasteiger partial charge in [0, 0.05) is 11.6 Å². The van der Waals surface area contributed by atoms with Gasteiger partial charge in [0.05, 0.1) is 0 Å². The summed E-state index contributed by atoms with van der Waals surface area (Å²) in [4.78, 5) is 2.44. The Bertz CT molecular complexity index is 171. The molecule has 2 atom stereocenters. The average molecular weight is 171 g/mol. The number of hydrogen-bond donors (Lipinski definition) is 0. The Kier molecular flexibility index (Phi) is 2.11. The lowest BCUT2D eigenvalue weighted by Gasteiger charge is -2.33. The summed E-state index contributed by atoms with van der Waals surface area (Å²) in [7, 11) is 0. The maximum atomic E-state index is 12.6. The molecule has 0 aromatic rings. The van der Waals surface area contributed by atoms with Crippen LogP contribution in [0.5, 0.6) is 0 Å². The van der Waals surface area contributed by atoms with Crippen molar-refractivity contribution in [2.24, 2.45) is 0 Å². The summed E-state index contributed by atoms with van der Waals surface area (Å²) >= 11 is 0. The standard InChI is InChI=1S/C10H18FN/c1-2-10-5-3-7-12(10)9(8-11)4-6-10/h9H,2-8H2,1H3. The first kappa shape index (κ1) is 8.49. The minimum Gasteiger partial charge on any atom is -0.292 e. The summed E-state index contributed by atoms with van der Waals surface area (Å²) in [6.45, 7) is 3.25. The van der Waals surface area contributed by atoms with Crippen molar-refractivity contribution < 1.29 is 4.39 Å². The Labute approximate surface area is 73.9 Å². The molecule has 2 fully saturated rings. The quantitative estimate of drug-likeness (QED) is 0.616. The second-order valence-corrected chi connectivity index (χ2v) is 4.22. The zero-order valence-electron chi connectivity index (χ0n) is 7.85. The first-order chi connectivity index (χ1) is 5.82. The maximum absolute atomic E-state index is 12.6. The SMILES string of the molecule is CCC12CCCN1C(CF)CC2. The Morgan fingerprint density at radius 1 is 1.50 bits per heavy atom. The van der Waals surface area contributed by atoms with Crippen LogP contribution in [0.3, 0.4) is 0 Å². The highest BCUT2D eigenvalue weighted by atomic mass is 19.1. The molecule has 2 unspecified atom stereocenters. The minimum absolute atomic E-state index is 0.137.